The first-order chi connectivity index (χ1) is 8.08. The molecule has 0 aliphatic heterocycles. The molecule has 0 spiro atoms. The number of nitrogens with zero attached hydrogens (tertiary/aromatic N) is 3. The molecule has 5 nitrogen and oxygen atoms in total. The number of carbonyl (C=O) groups excluding carboxylic acids is 1. The van der Waals surface area contributed by atoms with Crippen molar-refractivity contribution >= 4 is 5.78 Å². The molecular formula is C12H21N3O2. The lowest BCUT2D eigenvalue weighted by atomic mass is 10.1. The fraction of sp³-hybridized carbons (Fsp3) is 0.750. The van der Waals surface area contributed by atoms with Crippen LogP contribution in [0.4, 0.5) is 0 Å². The summed E-state index contributed by atoms with van der Waals surface area (Å²) < 4.78 is 6.92. The van der Waals surface area contributed by atoms with E-state index in [4.69, 9.17) is 4.74 Å². The van der Waals surface area contributed by atoms with Gasteiger partial charge in [0.15, 0.2) is 5.78 Å². The van der Waals surface area contributed by atoms with E-state index in [0.29, 0.717) is 18.8 Å². The largest absolute Gasteiger partial charge is 0.374 e. The van der Waals surface area contributed by atoms with Crippen LogP contribution in [0.2, 0.25) is 0 Å². The van der Waals surface area contributed by atoms with Crippen molar-refractivity contribution < 1.29 is 9.53 Å². The summed E-state index contributed by atoms with van der Waals surface area (Å²) in [4.78, 5) is 16.0. The Morgan fingerprint density at radius 3 is 2.76 bits per heavy atom. The molecule has 0 saturated carbocycles. The molecule has 0 aliphatic rings. The molecule has 5 heteroatoms. The summed E-state index contributed by atoms with van der Waals surface area (Å²) in [5, 5.41) is 4.13. The van der Waals surface area contributed by atoms with E-state index in [-0.39, 0.29) is 11.9 Å². The van der Waals surface area contributed by atoms with Crippen molar-refractivity contribution in [3.63, 3.8) is 0 Å². The van der Waals surface area contributed by atoms with Crippen molar-refractivity contribution in [3.8, 4) is 0 Å². The first kappa shape index (κ1) is 13.8. The van der Waals surface area contributed by atoms with Crippen molar-refractivity contribution in [3.05, 3.63) is 12.2 Å². The normalized spacial score (nSPS) is 13.0. The van der Waals surface area contributed by atoms with Gasteiger partial charge in [-0.3, -0.25) is 4.79 Å². The molecule has 0 amide bonds. The molecule has 0 bridgehead atoms. The van der Waals surface area contributed by atoms with E-state index >= 15 is 0 Å². The van der Waals surface area contributed by atoms with E-state index in [1.165, 1.54) is 6.33 Å². The topological polar surface area (TPSA) is 57.0 Å². The molecule has 0 saturated heterocycles. The molecule has 0 aliphatic carbocycles. The number of hydrogen-bond donors (Lipinski definition) is 0. The van der Waals surface area contributed by atoms with Gasteiger partial charge in [0.1, 0.15) is 18.3 Å². The van der Waals surface area contributed by atoms with Crippen molar-refractivity contribution in [1.29, 1.82) is 0 Å². The van der Waals surface area contributed by atoms with Gasteiger partial charge < -0.3 is 4.74 Å². The number of carbonyl (C=O) groups is 1. The van der Waals surface area contributed by atoms with Gasteiger partial charge in [0.05, 0.1) is 6.42 Å². The molecule has 0 N–H and O–H groups in total. The lowest BCUT2D eigenvalue weighted by molar-refractivity contribution is -0.128. The van der Waals surface area contributed by atoms with Crippen LogP contribution in [0, 0.1) is 5.92 Å². The summed E-state index contributed by atoms with van der Waals surface area (Å²) in [7, 11) is 1.56. The van der Waals surface area contributed by atoms with Crippen molar-refractivity contribution in [2.24, 2.45) is 5.92 Å². The third-order valence-electron chi connectivity index (χ3n) is 2.58. The summed E-state index contributed by atoms with van der Waals surface area (Å²) in [5.74, 6) is 1.27. The number of Topliss-reactive ketones (excluding diaryl/α,β-unsaturated/α-hetero) is 1. The van der Waals surface area contributed by atoms with Crippen LogP contribution < -0.4 is 0 Å². The second kappa shape index (κ2) is 6.49. The second-order valence-corrected chi connectivity index (χ2v) is 4.53. The standard InChI is InChI=1S/C12H21N3O2/c1-5-11(17-4)10(16)6-12-13-8-14-15(12)7-9(2)3/h8-9,11H,5-7H2,1-4H3. The summed E-state index contributed by atoms with van der Waals surface area (Å²) in [6.45, 7) is 6.94. The molecule has 1 heterocycles. The minimum absolute atomic E-state index is 0.0630. The molecule has 0 aromatic carbocycles. The van der Waals surface area contributed by atoms with Gasteiger partial charge in [0, 0.05) is 13.7 Å². The fourth-order valence-electron chi connectivity index (χ4n) is 1.72. The predicted molar refractivity (Wildman–Crippen MR) is 64.7 cm³/mol. The maximum absolute atomic E-state index is 11.9. The Bertz CT molecular complexity index is 356. The van der Waals surface area contributed by atoms with Crippen LogP contribution in [0.1, 0.15) is 33.0 Å². The monoisotopic (exact) mass is 239 g/mol. The fourth-order valence-corrected chi connectivity index (χ4v) is 1.72. The molecule has 1 rings (SSSR count). The summed E-state index contributed by atoms with van der Waals surface area (Å²) in [6.07, 6.45) is 2.14. The number of methoxy groups -OCH3 is 1. The number of rotatable bonds is 7. The van der Waals surface area contributed by atoms with E-state index in [9.17, 15) is 4.79 Å². The van der Waals surface area contributed by atoms with Crippen LogP contribution in [0.5, 0.6) is 0 Å². The molecular weight excluding hydrogens is 218 g/mol. The summed E-state index contributed by atoms with van der Waals surface area (Å²) in [5.41, 5.74) is 0. The average Bonchev–Trinajstić information content (AvgIpc) is 2.66. The van der Waals surface area contributed by atoms with Crippen molar-refractivity contribution in [1.82, 2.24) is 14.8 Å². The molecule has 1 atom stereocenters. The Kier molecular flexibility index (Phi) is 5.28. The van der Waals surface area contributed by atoms with Crippen molar-refractivity contribution in [2.45, 2.75) is 46.3 Å². The van der Waals surface area contributed by atoms with Gasteiger partial charge in [0.25, 0.3) is 0 Å². The first-order valence-corrected chi connectivity index (χ1v) is 6.00. The molecule has 0 fully saturated rings. The quantitative estimate of drug-likeness (QED) is 0.723. The third-order valence-corrected chi connectivity index (χ3v) is 2.58. The highest BCUT2D eigenvalue weighted by atomic mass is 16.5. The SMILES string of the molecule is CCC(OC)C(=O)Cc1ncnn1CC(C)C. The molecule has 1 aromatic heterocycles. The van der Waals surface area contributed by atoms with Gasteiger partial charge in [-0.25, -0.2) is 9.67 Å². The molecule has 17 heavy (non-hydrogen) atoms. The molecule has 1 aromatic rings. The summed E-state index contributed by atoms with van der Waals surface area (Å²) >= 11 is 0. The van der Waals surface area contributed by atoms with E-state index in [1.54, 1.807) is 11.8 Å². The Balaban J connectivity index is 2.68. The highest BCUT2D eigenvalue weighted by Crippen LogP contribution is 2.06. The zero-order valence-corrected chi connectivity index (χ0v) is 11.0. The van der Waals surface area contributed by atoms with Gasteiger partial charge in [0.2, 0.25) is 0 Å². The second-order valence-electron chi connectivity index (χ2n) is 4.53. The van der Waals surface area contributed by atoms with E-state index in [2.05, 4.69) is 23.9 Å². The molecule has 1 unspecified atom stereocenters. The predicted octanol–water partition coefficient (Wildman–Crippen LogP) is 1.47. The van der Waals surface area contributed by atoms with Crippen LogP contribution in [0.3, 0.4) is 0 Å². The van der Waals surface area contributed by atoms with E-state index in [1.807, 2.05) is 6.92 Å². The lowest BCUT2D eigenvalue weighted by Gasteiger charge is -2.12. The minimum atomic E-state index is -0.334. The van der Waals surface area contributed by atoms with Crippen LogP contribution in [0.15, 0.2) is 6.33 Å². The van der Waals surface area contributed by atoms with Gasteiger partial charge in [-0.15, -0.1) is 0 Å². The number of aromatic nitrogens is 3. The highest BCUT2D eigenvalue weighted by Gasteiger charge is 2.18. The highest BCUT2D eigenvalue weighted by molar-refractivity contribution is 5.84. The number of ketones is 1. The Labute approximate surface area is 102 Å². The Hall–Kier alpha value is -1.23. The Morgan fingerprint density at radius 2 is 2.24 bits per heavy atom. The minimum Gasteiger partial charge on any atom is -0.374 e. The van der Waals surface area contributed by atoms with E-state index in [0.717, 1.165) is 12.4 Å². The van der Waals surface area contributed by atoms with Gasteiger partial charge in [-0.05, 0) is 12.3 Å². The van der Waals surface area contributed by atoms with E-state index < -0.39 is 0 Å². The third kappa shape index (κ3) is 3.93. The summed E-state index contributed by atoms with van der Waals surface area (Å²) in [6, 6.07) is 0. The average molecular weight is 239 g/mol. The maximum Gasteiger partial charge on any atom is 0.169 e. The van der Waals surface area contributed by atoms with Gasteiger partial charge >= 0.3 is 0 Å². The maximum atomic E-state index is 11.9. The first-order valence-electron chi connectivity index (χ1n) is 6.00. The van der Waals surface area contributed by atoms with Gasteiger partial charge in [-0.2, -0.15) is 5.10 Å². The van der Waals surface area contributed by atoms with Crippen LogP contribution >= 0.6 is 0 Å². The number of hydrogen-bond acceptors (Lipinski definition) is 4. The smallest absolute Gasteiger partial charge is 0.169 e. The zero-order chi connectivity index (χ0) is 12.8. The lowest BCUT2D eigenvalue weighted by Crippen LogP contribution is -2.25. The molecule has 0 radical (unpaired) electrons. The number of ether oxygens (including phenoxy) is 1. The van der Waals surface area contributed by atoms with Crippen LogP contribution in [-0.2, 0) is 22.5 Å². The van der Waals surface area contributed by atoms with Crippen molar-refractivity contribution in [2.75, 3.05) is 7.11 Å². The zero-order valence-electron chi connectivity index (χ0n) is 11.0. The van der Waals surface area contributed by atoms with Gasteiger partial charge in [-0.1, -0.05) is 20.8 Å². The van der Waals surface area contributed by atoms with Crippen LogP contribution in [0.25, 0.3) is 0 Å². The Morgan fingerprint density at radius 1 is 1.53 bits per heavy atom. The molecule has 96 valence electrons. The van der Waals surface area contributed by atoms with Crippen LogP contribution in [-0.4, -0.2) is 33.8 Å².